The van der Waals surface area contributed by atoms with Gasteiger partial charge in [-0.15, -0.1) is 0 Å². The molecule has 0 unspecified atom stereocenters. The van der Waals surface area contributed by atoms with Crippen LogP contribution >= 0.6 is 0 Å². The van der Waals surface area contributed by atoms with Gasteiger partial charge in [0.25, 0.3) is 0 Å². The molecule has 0 spiro atoms. The van der Waals surface area contributed by atoms with Crippen LogP contribution in [0.25, 0.3) is 0 Å². The van der Waals surface area contributed by atoms with Gasteiger partial charge in [0.1, 0.15) is 18.7 Å². The van der Waals surface area contributed by atoms with Gasteiger partial charge in [-0.1, -0.05) is 6.92 Å². The van der Waals surface area contributed by atoms with Crippen LogP contribution in [0, 0.1) is 5.92 Å². The maximum absolute atomic E-state index is 12.1. The predicted molar refractivity (Wildman–Crippen MR) is 77.2 cm³/mol. The second-order valence-electron chi connectivity index (χ2n) is 5.89. The monoisotopic (exact) mass is 279 g/mol. The van der Waals surface area contributed by atoms with Crippen molar-refractivity contribution < 1.29 is 4.79 Å². The first-order valence-corrected chi connectivity index (χ1v) is 7.43. The highest BCUT2D eigenvalue weighted by atomic mass is 16.2. The summed E-state index contributed by atoms with van der Waals surface area (Å²) in [6.45, 7) is 9.26. The van der Waals surface area contributed by atoms with Crippen LogP contribution in [0.15, 0.2) is 12.7 Å². The summed E-state index contributed by atoms with van der Waals surface area (Å²) in [7, 11) is 0. The van der Waals surface area contributed by atoms with Crippen LogP contribution in [0.4, 0.5) is 0 Å². The van der Waals surface area contributed by atoms with Gasteiger partial charge >= 0.3 is 0 Å². The maximum atomic E-state index is 12.1. The fourth-order valence-electron chi connectivity index (χ4n) is 2.69. The van der Waals surface area contributed by atoms with Crippen LogP contribution in [0.2, 0.25) is 0 Å². The van der Waals surface area contributed by atoms with Gasteiger partial charge in [-0.25, -0.2) is 9.67 Å². The molecule has 1 aromatic rings. The first-order valence-electron chi connectivity index (χ1n) is 7.43. The molecule has 2 heterocycles. The van der Waals surface area contributed by atoms with E-state index in [1.807, 2.05) is 6.92 Å². The molecular formula is C14H25N5O. The molecule has 0 radical (unpaired) electrons. The Balaban J connectivity index is 1.78. The molecule has 1 aliphatic rings. The largest absolute Gasteiger partial charge is 0.353 e. The Kier molecular flexibility index (Phi) is 5.11. The third-order valence-corrected chi connectivity index (χ3v) is 4.10. The average Bonchev–Trinajstić information content (AvgIpc) is 2.97. The number of carbonyl (C=O) groups is 1. The Hall–Kier alpha value is -1.43. The summed E-state index contributed by atoms with van der Waals surface area (Å²) in [5.74, 6) is 0.753. The van der Waals surface area contributed by atoms with E-state index in [1.54, 1.807) is 11.0 Å². The summed E-state index contributed by atoms with van der Waals surface area (Å²) in [6, 6.07) is 0.0645. The zero-order chi connectivity index (χ0) is 14.5. The lowest BCUT2D eigenvalue weighted by molar-refractivity contribution is -0.124. The topological polar surface area (TPSA) is 63.1 Å². The van der Waals surface area contributed by atoms with Gasteiger partial charge in [-0.05, 0) is 39.2 Å². The van der Waals surface area contributed by atoms with Crippen LogP contribution in [0.3, 0.4) is 0 Å². The van der Waals surface area contributed by atoms with Crippen molar-refractivity contribution in [2.75, 3.05) is 19.6 Å². The number of piperidine rings is 1. The Morgan fingerprint density at radius 3 is 2.95 bits per heavy atom. The number of carbonyl (C=O) groups excluding carboxylic acids is 1. The maximum Gasteiger partial charge on any atom is 0.244 e. The number of aromatic nitrogens is 3. The first-order chi connectivity index (χ1) is 9.58. The van der Waals surface area contributed by atoms with E-state index in [4.69, 9.17) is 0 Å². The van der Waals surface area contributed by atoms with Gasteiger partial charge in [0.15, 0.2) is 0 Å². The first kappa shape index (κ1) is 15.0. The van der Waals surface area contributed by atoms with Crippen molar-refractivity contribution in [2.24, 2.45) is 5.92 Å². The minimum absolute atomic E-state index is 0.00703. The van der Waals surface area contributed by atoms with Gasteiger partial charge in [-0.2, -0.15) is 5.10 Å². The number of rotatable bonds is 5. The molecule has 1 amide bonds. The highest BCUT2D eigenvalue weighted by Crippen LogP contribution is 2.17. The lowest BCUT2D eigenvalue weighted by Gasteiger charge is -2.35. The normalized spacial score (nSPS) is 23.2. The van der Waals surface area contributed by atoms with Crippen molar-refractivity contribution in [2.45, 2.75) is 45.7 Å². The number of amides is 1. The van der Waals surface area contributed by atoms with E-state index in [2.05, 4.69) is 34.1 Å². The quantitative estimate of drug-likeness (QED) is 0.876. The van der Waals surface area contributed by atoms with Crippen molar-refractivity contribution in [1.29, 1.82) is 0 Å². The molecule has 1 N–H and O–H groups in total. The standard InChI is InChI=1S/C14H25N5O/c1-11-5-4-6-18(8-11)12(2)7-16-14(20)13(3)19-10-15-9-17-19/h9-13H,4-8H2,1-3H3,(H,16,20)/t11-,12+,13-/m1/s1. The highest BCUT2D eigenvalue weighted by Gasteiger charge is 2.22. The van der Waals surface area contributed by atoms with E-state index in [1.165, 1.54) is 19.2 Å². The summed E-state index contributed by atoms with van der Waals surface area (Å²) in [6.07, 6.45) is 5.59. The molecule has 0 aliphatic carbocycles. The van der Waals surface area contributed by atoms with Crippen LogP contribution in [0.1, 0.15) is 39.7 Å². The molecule has 20 heavy (non-hydrogen) atoms. The molecule has 3 atom stereocenters. The predicted octanol–water partition coefficient (Wildman–Crippen LogP) is 1.08. The SMILES string of the molecule is C[C@@H]1CCCN([C@@H](C)CNC(=O)[C@@H](C)n2cncn2)C1. The summed E-state index contributed by atoms with van der Waals surface area (Å²) in [4.78, 5) is 18.4. The Labute approximate surface area is 120 Å². The molecule has 0 bridgehead atoms. The fraction of sp³-hybridized carbons (Fsp3) is 0.786. The van der Waals surface area contributed by atoms with Gasteiger partial charge < -0.3 is 5.32 Å². The third-order valence-electron chi connectivity index (χ3n) is 4.10. The summed E-state index contributed by atoms with van der Waals surface area (Å²) < 4.78 is 1.57. The molecule has 0 aromatic carbocycles. The highest BCUT2D eigenvalue weighted by molar-refractivity contribution is 5.79. The van der Waals surface area contributed by atoms with E-state index in [0.717, 1.165) is 19.0 Å². The lowest BCUT2D eigenvalue weighted by Crippen LogP contribution is -2.47. The average molecular weight is 279 g/mol. The van der Waals surface area contributed by atoms with Crippen molar-refractivity contribution in [1.82, 2.24) is 25.0 Å². The molecular weight excluding hydrogens is 254 g/mol. The lowest BCUT2D eigenvalue weighted by atomic mass is 9.99. The molecule has 112 valence electrons. The van der Waals surface area contributed by atoms with Crippen LogP contribution in [-0.4, -0.2) is 51.2 Å². The minimum Gasteiger partial charge on any atom is -0.353 e. The second kappa shape index (κ2) is 6.83. The van der Waals surface area contributed by atoms with Crippen molar-refractivity contribution in [3.05, 3.63) is 12.7 Å². The molecule has 1 saturated heterocycles. The van der Waals surface area contributed by atoms with Gasteiger partial charge in [0, 0.05) is 19.1 Å². The molecule has 1 aliphatic heterocycles. The van der Waals surface area contributed by atoms with Crippen molar-refractivity contribution in [3.8, 4) is 0 Å². The van der Waals surface area contributed by atoms with Crippen LogP contribution in [0.5, 0.6) is 0 Å². The summed E-state index contributed by atoms with van der Waals surface area (Å²) in [5, 5.41) is 7.01. The number of likely N-dealkylation sites (tertiary alicyclic amines) is 1. The Morgan fingerprint density at radius 2 is 2.30 bits per heavy atom. The third kappa shape index (κ3) is 3.79. The fourth-order valence-corrected chi connectivity index (χ4v) is 2.69. The number of nitrogens with zero attached hydrogens (tertiary/aromatic N) is 4. The van der Waals surface area contributed by atoms with Crippen LogP contribution in [-0.2, 0) is 4.79 Å². The minimum atomic E-state index is -0.315. The molecule has 6 nitrogen and oxygen atoms in total. The Morgan fingerprint density at radius 1 is 1.50 bits per heavy atom. The number of hydrogen-bond acceptors (Lipinski definition) is 4. The molecule has 2 rings (SSSR count). The van der Waals surface area contributed by atoms with Crippen molar-refractivity contribution >= 4 is 5.91 Å². The number of hydrogen-bond donors (Lipinski definition) is 1. The molecule has 6 heteroatoms. The number of nitrogens with one attached hydrogen (secondary N) is 1. The zero-order valence-corrected chi connectivity index (χ0v) is 12.6. The van der Waals surface area contributed by atoms with Crippen molar-refractivity contribution in [3.63, 3.8) is 0 Å². The van der Waals surface area contributed by atoms with E-state index < -0.39 is 0 Å². The van der Waals surface area contributed by atoms with Crippen LogP contribution < -0.4 is 5.32 Å². The van der Waals surface area contributed by atoms with E-state index in [-0.39, 0.29) is 11.9 Å². The van der Waals surface area contributed by atoms with Gasteiger partial charge in [0.2, 0.25) is 5.91 Å². The molecule has 0 saturated carbocycles. The van der Waals surface area contributed by atoms with Gasteiger partial charge in [0.05, 0.1) is 0 Å². The summed E-state index contributed by atoms with van der Waals surface area (Å²) >= 11 is 0. The zero-order valence-electron chi connectivity index (χ0n) is 12.6. The van der Waals surface area contributed by atoms with E-state index in [9.17, 15) is 4.79 Å². The molecule has 1 aromatic heterocycles. The second-order valence-corrected chi connectivity index (χ2v) is 5.89. The summed E-state index contributed by atoms with van der Waals surface area (Å²) in [5.41, 5.74) is 0. The van der Waals surface area contributed by atoms with Gasteiger partial charge in [-0.3, -0.25) is 9.69 Å². The Bertz CT molecular complexity index is 419. The molecule has 1 fully saturated rings. The van der Waals surface area contributed by atoms with E-state index >= 15 is 0 Å². The van der Waals surface area contributed by atoms with E-state index in [0.29, 0.717) is 12.6 Å². The smallest absolute Gasteiger partial charge is 0.244 e.